The summed E-state index contributed by atoms with van der Waals surface area (Å²) in [6.07, 6.45) is 8.37. The number of thiocarbonyl (C=S) groups is 1. The van der Waals surface area contributed by atoms with E-state index in [1.165, 1.54) is 45.1 Å². The molecule has 2 nitrogen and oxygen atoms in total. The molecule has 0 aromatic rings. The average Bonchev–Trinajstić information content (AvgIpc) is 2.28. The maximum absolute atomic E-state index is 5.46. The van der Waals surface area contributed by atoms with Crippen molar-refractivity contribution in [3.63, 3.8) is 0 Å². The van der Waals surface area contributed by atoms with E-state index < -0.39 is 0 Å². The summed E-state index contributed by atoms with van der Waals surface area (Å²) in [7, 11) is 0. The van der Waals surface area contributed by atoms with E-state index in [-0.39, 0.29) is 0 Å². The lowest BCUT2D eigenvalue weighted by Crippen LogP contribution is -2.52. The van der Waals surface area contributed by atoms with Crippen LogP contribution in [0.3, 0.4) is 0 Å². The van der Waals surface area contributed by atoms with E-state index in [0.29, 0.717) is 0 Å². The van der Waals surface area contributed by atoms with Gasteiger partial charge in [0.1, 0.15) is 0 Å². The third kappa shape index (κ3) is 2.44. The van der Waals surface area contributed by atoms with Crippen molar-refractivity contribution in [2.75, 3.05) is 13.1 Å². The molecule has 0 aromatic carbocycles. The van der Waals surface area contributed by atoms with Crippen LogP contribution >= 0.6 is 12.2 Å². The van der Waals surface area contributed by atoms with Crippen molar-refractivity contribution in [3.8, 4) is 0 Å². The molecule has 0 aromatic heterocycles. The molecule has 0 spiro atoms. The van der Waals surface area contributed by atoms with E-state index in [0.717, 1.165) is 23.6 Å². The second kappa shape index (κ2) is 5.15. The fourth-order valence-corrected chi connectivity index (χ4v) is 3.50. The summed E-state index contributed by atoms with van der Waals surface area (Å²) in [5.41, 5.74) is 0. The quantitative estimate of drug-likeness (QED) is 0.692. The highest BCUT2D eigenvalue weighted by molar-refractivity contribution is 7.80. The standard InChI is InChI=1S/C12H22N2S/c1-2-13-12(15)14-9-5-7-10-6-3-4-8-11(10)14/h10-11H,2-9H2,1H3,(H,13,15)/t10-,11-/m1/s1. The van der Waals surface area contributed by atoms with Gasteiger partial charge in [0.15, 0.2) is 5.11 Å². The summed E-state index contributed by atoms with van der Waals surface area (Å²) in [4.78, 5) is 2.46. The third-order valence-electron chi connectivity index (χ3n) is 3.83. The van der Waals surface area contributed by atoms with Gasteiger partial charge in [-0.15, -0.1) is 0 Å². The van der Waals surface area contributed by atoms with Crippen molar-refractivity contribution in [1.29, 1.82) is 0 Å². The second-order valence-electron chi connectivity index (χ2n) is 4.78. The Balaban J connectivity index is 2.00. The summed E-state index contributed by atoms with van der Waals surface area (Å²) in [6, 6.07) is 0.749. The SMILES string of the molecule is CCNC(=S)N1CCC[C@H]2CCCC[C@H]21. The molecule has 2 aliphatic rings. The van der Waals surface area contributed by atoms with Gasteiger partial charge in [-0.1, -0.05) is 12.8 Å². The molecule has 1 N–H and O–H groups in total. The van der Waals surface area contributed by atoms with Crippen molar-refractivity contribution < 1.29 is 0 Å². The molecule has 1 aliphatic heterocycles. The van der Waals surface area contributed by atoms with Crippen LogP contribution in [0.5, 0.6) is 0 Å². The zero-order chi connectivity index (χ0) is 10.7. The lowest BCUT2D eigenvalue weighted by atomic mass is 9.78. The fourth-order valence-electron chi connectivity index (χ4n) is 3.13. The molecule has 1 saturated heterocycles. The minimum Gasteiger partial charge on any atom is -0.363 e. The Labute approximate surface area is 98.4 Å². The Hall–Kier alpha value is -0.310. The third-order valence-corrected chi connectivity index (χ3v) is 4.21. The molecule has 2 atom stereocenters. The van der Waals surface area contributed by atoms with Gasteiger partial charge in [-0.25, -0.2) is 0 Å². The molecule has 3 heteroatoms. The zero-order valence-electron chi connectivity index (χ0n) is 9.67. The van der Waals surface area contributed by atoms with Crippen LogP contribution in [0.2, 0.25) is 0 Å². The van der Waals surface area contributed by atoms with Gasteiger partial charge in [-0.2, -0.15) is 0 Å². The minimum absolute atomic E-state index is 0.749. The largest absolute Gasteiger partial charge is 0.363 e. The predicted molar refractivity (Wildman–Crippen MR) is 68.0 cm³/mol. The highest BCUT2D eigenvalue weighted by atomic mass is 32.1. The number of piperidine rings is 1. The Morgan fingerprint density at radius 2 is 2.00 bits per heavy atom. The topological polar surface area (TPSA) is 15.3 Å². The van der Waals surface area contributed by atoms with Crippen molar-refractivity contribution in [2.45, 2.75) is 51.5 Å². The molecule has 2 fully saturated rings. The summed E-state index contributed by atoms with van der Waals surface area (Å²) in [6.45, 7) is 4.24. The van der Waals surface area contributed by atoms with E-state index in [9.17, 15) is 0 Å². The van der Waals surface area contributed by atoms with Crippen molar-refractivity contribution in [3.05, 3.63) is 0 Å². The van der Waals surface area contributed by atoms with Gasteiger partial charge in [0.2, 0.25) is 0 Å². The van der Waals surface area contributed by atoms with Crippen LogP contribution in [-0.2, 0) is 0 Å². The van der Waals surface area contributed by atoms with E-state index in [1.54, 1.807) is 0 Å². The second-order valence-corrected chi connectivity index (χ2v) is 5.17. The average molecular weight is 226 g/mol. The number of nitrogens with zero attached hydrogens (tertiary/aromatic N) is 1. The van der Waals surface area contributed by atoms with Crippen molar-refractivity contribution in [1.82, 2.24) is 10.2 Å². The Bertz CT molecular complexity index is 228. The fraction of sp³-hybridized carbons (Fsp3) is 0.917. The predicted octanol–water partition coefficient (Wildman–Crippen LogP) is 2.54. The molecular weight excluding hydrogens is 204 g/mol. The van der Waals surface area contributed by atoms with Crippen LogP contribution in [0.15, 0.2) is 0 Å². The van der Waals surface area contributed by atoms with Crippen LogP contribution in [0, 0.1) is 5.92 Å². The van der Waals surface area contributed by atoms with Gasteiger partial charge in [-0.3, -0.25) is 0 Å². The number of hydrogen-bond donors (Lipinski definition) is 1. The zero-order valence-corrected chi connectivity index (χ0v) is 10.5. The first-order valence-electron chi connectivity index (χ1n) is 6.37. The summed E-state index contributed by atoms with van der Waals surface area (Å²) in [5.74, 6) is 0.920. The molecule has 0 bridgehead atoms. The molecule has 0 amide bonds. The normalized spacial score (nSPS) is 30.9. The van der Waals surface area contributed by atoms with Crippen LogP contribution in [0.1, 0.15) is 45.4 Å². The number of nitrogens with one attached hydrogen (secondary N) is 1. The lowest BCUT2D eigenvalue weighted by molar-refractivity contribution is 0.118. The monoisotopic (exact) mass is 226 g/mol. The van der Waals surface area contributed by atoms with Gasteiger partial charge >= 0.3 is 0 Å². The first-order chi connectivity index (χ1) is 7.33. The summed E-state index contributed by atoms with van der Waals surface area (Å²) < 4.78 is 0. The first kappa shape index (κ1) is 11.2. The van der Waals surface area contributed by atoms with Gasteiger partial charge in [0.05, 0.1) is 0 Å². The molecular formula is C12H22N2S. The van der Waals surface area contributed by atoms with E-state index in [2.05, 4.69) is 17.1 Å². The maximum Gasteiger partial charge on any atom is 0.169 e. The number of rotatable bonds is 1. The number of hydrogen-bond acceptors (Lipinski definition) is 1. The van der Waals surface area contributed by atoms with Crippen LogP contribution in [0.4, 0.5) is 0 Å². The van der Waals surface area contributed by atoms with Crippen LogP contribution in [0.25, 0.3) is 0 Å². The molecule has 1 saturated carbocycles. The highest BCUT2D eigenvalue weighted by Gasteiger charge is 2.33. The summed E-state index contributed by atoms with van der Waals surface area (Å²) >= 11 is 5.46. The lowest BCUT2D eigenvalue weighted by Gasteiger charge is -2.45. The van der Waals surface area contributed by atoms with E-state index >= 15 is 0 Å². The van der Waals surface area contributed by atoms with Gasteiger partial charge < -0.3 is 10.2 Å². The van der Waals surface area contributed by atoms with E-state index in [1.807, 2.05) is 0 Å². The Kier molecular flexibility index (Phi) is 3.84. The maximum atomic E-state index is 5.46. The van der Waals surface area contributed by atoms with Crippen LogP contribution < -0.4 is 5.32 Å². The molecule has 1 heterocycles. The summed E-state index contributed by atoms with van der Waals surface area (Å²) in [5, 5.41) is 4.30. The van der Waals surface area contributed by atoms with Crippen LogP contribution in [-0.4, -0.2) is 29.1 Å². The molecule has 1 aliphatic carbocycles. The Morgan fingerprint density at radius 3 is 2.80 bits per heavy atom. The molecule has 2 rings (SSSR count). The van der Waals surface area contributed by atoms with Gasteiger partial charge in [-0.05, 0) is 50.7 Å². The molecule has 86 valence electrons. The Morgan fingerprint density at radius 1 is 1.27 bits per heavy atom. The van der Waals surface area contributed by atoms with E-state index in [4.69, 9.17) is 12.2 Å². The smallest absolute Gasteiger partial charge is 0.169 e. The van der Waals surface area contributed by atoms with Crippen molar-refractivity contribution >= 4 is 17.3 Å². The van der Waals surface area contributed by atoms with Gasteiger partial charge in [0, 0.05) is 19.1 Å². The highest BCUT2D eigenvalue weighted by Crippen LogP contribution is 2.35. The molecule has 0 radical (unpaired) electrons. The number of fused-ring (bicyclic) bond motifs is 1. The minimum atomic E-state index is 0.749. The first-order valence-corrected chi connectivity index (χ1v) is 6.78. The van der Waals surface area contributed by atoms with Gasteiger partial charge in [0.25, 0.3) is 0 Å². The molecule has 15 heavy (non-hydrogen) atoms. The number of likely N-dealkylation sites (tertiary alicyclic amines) is 1. The molecule has 0 unspecified atom stereocenters. The van der Waals surface area contributed by atoms with Crippen molar-refractivity contribution in [2.24, 2.45) is 5.92 Å².